The molecule has 2 heterocycles. The Labute approximate surface area is 167 Å². The van der Waals surface area contributed by atoms with Gasteiger partial charge in [0.1, 0.15) is 11.8 Å². The normalized spacial score (nSPS) is 24.0. The van der Waals surface area contributed by atoms with Crippen molar-refractivity contribution in [1.29, 1.82) is 0 Å². The lowest BCUT2D eigenvalue weighted by atomic mass is 9.83. The van der Waals surface area contributed by atoms with E-state index in [1.54, 1.807) is 23.1 Å². The first-order valence-electron chi connectivity index (χ1n) is 9.34. The third kappa shape index (κ3) is 1.98. The molecule has 4 nitrogen and oxygen atoms in total. The number of benzene rings is 3. The molecule has 2 atom stereocenters. The number of amides is 1. The molecule has 1 amide bonds. The standard InChI is InChI=1S/C23H16ClNO3/c24-15-9-10-20-18(13-15)25-21(16-6-2-4-8-19(16)27-20)23(28-22(25)26)12-11-14-5-1-3-7-17(14)23/h1-10,13,21H,11-12H2/t21-,23-/m0/s1. The van der Waals surface area contributed by atoms with Gasteiger partial charge in [-0.25, -0.2) is 4.79 Å². The van der Waals surface area contributed by atoms with Crippen molar-refractivity contribution in [3.63, 3.8) is 0 Å². The number of fused-ring (bicyclic) bond motifs is 8. The highest BCUT2D eigenvalue weighted by molar-refractivity contribution is 6.31. The number of nitrogens with zero attached hydrogens (tertiary/aromatic N) is 1. The highest BCUT2D eigenvalue weighted by Crippen LogP contribution is 2.60. The Morgan fingerprint density at radius 3 is 2.75 bits per heavy atom. The minimum absolute atomic E-state index is 0.320. The van der Waals surface area contributed by atoms with Crippen LogP contribution in [0.2, 0.25) is 5.02 Å². The van der Waals surface area contributed by atoms with E-state index in [0.717, 1.165) is 29.7 Å². The van der Waals surface area contributed by atoms with Crippen molar-refractivity contribution in [3.05, 3.63) is 88.4 Å². The van der Waals surface area contributed by atoms with Crippen LogP contribution in [0.3, 0.4) is 0 Å². The lowest BCUT2D eigenvalue weighted by molar-refractivity contribution is 0.0340. The van der Waals surface area contributed by atoms with E-state index in [1.165, 1.54) is 5.56 Å². The third-order valence-electron chi connectivity index (χ3n) is 6.02. The average molecular weight is 390 g/mol. The maximum atomic E-state index is 13.2. The molecule has 1 fully saturated rings. The van der Waals surface area contributed by atoms with Crippen molar-refractivity contribution >= 4 is 23.4 Å². The number of rotatable bonds is 0. The van der Waals surface area contributed by atoms with Crippen molar-refractivity contribution in [2.75, 3.05) is 4.90 Å². The minimum atomic E-state index is -0.739. The molecule has 1 spiro atoms. The Morgan fingerprint density at radius 2 is 1.82 bits per heavy atom. The van der Waals surface area contributed by atoms with Crippen LogP contribution in [0.25, 0.3) is 0 Å². The Hall–Kier alpha value is -2.98. The quantitative estimate of drug-likeness (QED) is 0.474. The molecule has 3 aromatic rings. The van der Waals surface area contributed by atoms with Gasteiger partial charge in [0.05, 0.1) is 5.69 Å². The van der Waals surface area contributed by atoms with E-state index < -0.39 is 5.60 Å². The Balaban J connectivity index is 1.66. The zero-order chi connectivity index (χ0) is 18.9. The molecule has 0 saturated carbocycles. The smallest absolute Gasteiger partial charge is 0.416 e. The van der Waals surface area contributed by atoms with E-state index in [4.69, 9.17) is 21.1 Å². The van der Waals surface area contributed by atoms with Crippen molar-refractivity contribution in [3.8, 4) is 11.5 Å². The van der Waals surface area contributed by atoms with Crippen LogP contribution in [0.1, 0.15) is 29.2 Å². The van der Waals surface area contributed by atoms with Gasteiger partial charge in [0.15, 0.2) is 11.4 Å². The van der Waals surface area contributed by atoms with Crippen LogP contribution in [0.15, 0.2) is 66.7 Å². The molecule has 0 radical (unpaired) electrons. The van der Waals surface area contributed by atoms with E-state index in [0.29, 0.717) is 16.5 Å². The number of carbonyl (C=O) groups excluding carboxylic acids is 1. The van der Waals surface area contributed by atoms with Crippen molar-refractivity contribution < 1.29 is 14.3 Å². The zero-order valence-corrected chi connectivity index (χ0v) is 15.6. The van der Waals surface area contributed by atoms with Gasteiger partial charge < -0.3 is 9.47 Å². The largest absolute Gasteiger partial charge is 0.455 e. The third-order valence-corrected chi connectivity index (χ3v) is 6.25. The number of ether oxygens (including phenoxy) is 2. The van der Waals surface area contributed by atoms with Gasteiger partial charge in [0, 0.05) is 16.1 Å². The van der Waals surface area contributed by atoms with E-state index in [2.05, 4.69) is 12.1 Å². The summed E-state index contributed by atoms with van der Waals surface area (Å²) in [7, 11) is 0. The molecule has 2 aliphatic heterocycles. The maximum absolute atomic E-state index is 13.2. The predicted octanol–water partition coefficient (Wildman–Crippen LogP) is 5.99. The summed E-state index contributed by atoms with van der Waals surface area (Å²) >= 11 is 6.28. The molecular formula is C23H16ClNO3. The molecule has 0 N–H and O–H groups in total. The van der Waals surface area contributed by atoms with Crippen LogP contribution in [-0.2, 0) is 16.8 Å². The zero-order valence-electron chi connectivity index (χ0n) is 14.9. The second kappa shape index (κ2) is 5.52. The number of halogens is 1. The van der Waals surface area contributed by atoms with Crippen LogP contribution < -0.4 is 9.64 Å². The Bertz CT molecular complexity index is 1140. The number of aryl methyl sites for hydroxylation is 1. The fourth-order valence-corrected chi connectivity index (χ4v) is 5.05. The molecule has 0 bridgehead atoms. The van der Waals surface area contributed by atoms with Crippen LogP contribution in [-0.4, -0.2) is 6.09 Å². The molecule has 0 unspecified atom stereocenters. The molecule has 3 aliphatic rings. The molecule has 1 aliphatic carbocycles. The van der Waals surface area contributed by atoms with Gasteiger partial charge in [0.2, 0.25) is 0 Å². The van der Waals surface area contributed by atoms with Gasteiger partial charge >= 0.3 is 6.09 Å². The summed E-state index contributed by atoms with van der Waals surface area (Å²) in [5.74, 6) is 1.33. The lowest BCUT2D eigenvalue weighted by Crippen LogP contribution is -2.34. The lowest BCUT2D eigenvalue weighted by Gasteiger charge is -2.32. The number of para-hydroxylation sites is 1. The van der Waals surface area contributed by atoms with Crippen molar-refractivity contribution in [1.82, 2.24) is 0 Å². The van der Waals surface area contributed by atoms with Gasteiger partial charge in [-0.3, -0.25) is 4.90 Å². The SMILES string of the molecule is O=C1O[C@]2(CCc3ccccc32)[C@@H]2c3ccccc3Oc3ccc(Cl)cc3N12. The molecule has 6 rings (SSSR count). The van der Waals surface area contributed by atoms with Crippen LogP contribution >= 0.6 is 11.6 Å². The monoisotopic (exact) mass is 389 g/mol. The Kier molecular flexibility index (Phi) is 3.16. The minimum Gasteiger partial charge on any atom is -0.455 e. The van der Waals surface area contributed by atoms with Gasteiger partial charge in [-0.15, -0.1) is 0 Å². The first-order valence-corrected chi connectivity index (χ1v) is 9.72. The van der Waals surface area contributed by atoms with E-state index in [9.17, 15) is 4.79 Å². The fraction of sp³-hybridized carbons (Fsp3) is 0.174. The summed E-state index contributed by atoms with van der Waals surface area (Å²) in [5, 5.41) is 0.549. The number of anilines is 1. The predicted molar refractivity (Wildman–Crippen MR) is 106 cm³/mol. The second-order valence-electron chi connectivity index (χ2n) is 7.44. The number of carbonyl (C=O) groups is 1. The summed E-state index contributed by atoms with van der Waals surface area (Å²) in [6.07, 6.45) is 1.24. The van der Waals surface area contributed by atoms with Crippen LogP contribution in [0.4, 0.5) is 10.5 Å². The summed E-state index contributed by atoms with van der Waals surface area (Å²) in [4.78, 5) is 14.9. The summed E-state index contributed by atoms with van der Waals surface area (Å²) in [5.41, 5.74) is 3.15. The average Bonchev–Trinajstić information content (AvgIpc) is 3.16. The highest BCUT2D eigenvalue weighted by Gasteiger charge is 2.60. The van der Waals surface area contributed by atoms with Gasteiger partial charge in [-0.05, 0) is 42.7 Å². The fourth-order valence-electron chi connectivity index (χ4n) is 4.88. The van der Waals surface area contributed by atoms with Crippen LogP contribution in [0.5, 0.6) is 11.5 Å². The Morgan fingerprint density at radius 1 is 1.00 bits per heavy atom. The number of hydrogen-bond donors (Lipinski definition) is 0. The molecule has 1 saturated heterocycles. The first kappa shape index (κ1) is 16.0. The maximum Gasteiger partial charge on any atom is 0.416 e. The first-order chi connectivity index (χ1) is 13.7. The van der Waals surface area contributed by atoms with Crippen LogP contribution in [0, 0.1) is 0 Å². The molecule has 3 aromatic carbocycles. The summed E-state index contributed by atoms with van der Waals surface area (Å²) < 4.78 is 12.4. The van der Waals surface area contributed by atoms with Crippen molar-refractivity contribution in [2.24, 2.45) is 0 Å². The molecule has 138 valence electrons. The van der Waals surface area contributed by atoms with E-state index in [-0.39, 0.29) is 12.1 Å². The second-order valence-corrected chi connectivity index (χ2v) is 7.88. The molecular weight excluding hydrogens is 374 g/mol. The van der Waals surface area contributed by atoms with Gasteiger partial charge in [-0.1, -0.05) is 54.1 Å². The highest BCUT2D eigenvalue weighted by atomic mass is 35.5. The van der Waals surface area contributed by atoms with Gasteiger partial charge in [-0.2, -0.15) is 0 Å². The molecule has 5 heteroatoms. The molecule has 28 heavy (non-hydrogen) atoms. The van der Waals surface area contributed by atoms with E-state index in [1.807, 2.05) is 36.4 Å². The topological polar surface area (TPSA) is 38.8 Å². The van der Waals surface area contributed by atoms with Gasteiger partial charge in [0.25, 0.3) is 0 Å². The number of hydrogen-bond acceptors (Lipinski definition) is 3. The van der Waals surface area contributed by atoms with E-state index >= 15 is 0 Å². The van der Waals surface area contributed by atoms with Crippen molar-refractivity contribution in [2.45, 2.75) is 24.5 Å². The molecule has 0 aromatic heterocycles. The summed E-state index contributed by atoms with van der Waals surface area (Å²) in [6.45, 7) is 0. The summed E-state index contributed by atoms with van der Waals surface area (Å²) in [6, 6.07) is 21.1.